The molecule has 0 spiro atoms. The molecule has 0 saturated heterocycles. The number of imidazole rings is 1. The maximum absolute atomic E-state index is 12.8. The van der Waals surface area contributed by atoms with Gasteiger partial charge in [-0.3, -0.25) is 18.5 Å². The van der Waals surface area contributed by atoms with Gasteiger partial charge in [-0.1, -0.05) is 49.0 Å². The van der Waals surface area contributed by atoms with E-state index in [2.05, 4.69) is 17.2 Å². The second-order valence-electron chi connectivity index (χ2n) is 6.77. The van der Waals surface area contributed by atoms with Gasteiger partial charge in [-0.05, 0) is 24.1 Å². The lowest BCUT2D eigenvalue weighted by Crippen LogP contribution is -2.37. The molecule has 0 saturated carbocycles. The van der Waals surface area contributed by atoms with Gasteiger partial charge in [-0.2, -0.15) is 4.98 Å². The Bertz CT molecular complexity index is 1130. The number of rotatable bonds is 7. The van der Waals surface area contributed by atoms with Gasteiger partial charge in [0.15, 0.2) is 11.2 Å². The summed E-state index contributed by atoms with van der Waals surface area (Å²) in [7, 11) is 3.07. The Morgan fingerprint density at radius 1 is 1.11 bits per heavy atom. The van der Waals surface area contributed by atoms with E-state index in [0.717, 1.165) is 35.9 Å². The second-order valence-corrected chi connectivity index (χ2v) is 7.61. The SMILES string of the molecule is CCCCCNc1nc2c(c(=O)n(C)c(=O)n2C)n1Cc1ccc(Cl)cc1Cl. The number of aryl methyl sites for hydroxylation is 1. The molecular formula is C19H23Cl2N5O2. The molecule has 0 bridgehead atoms. The molecule has 1 aromatic carbocycles. The number of unbranched alkanes of at least 4 members (excludes halogenated alkanes) is 2. The van der Waals surface area contributed by atoms with Crippen LogP contribution >= 0.6 is 23.2 Å². The first-order valence-electron chi connectivity index (χ1n) is 9.19. The molecular weight excluding hydrogens is 401 g/mol. The average Bonchev–Trinajstić information content (AvgIpc) is 3.02. The highest BCUT2D eigenvalue weighted by molar-refractivity contribution is 6.35. The Morgan fingerprint density at radius 3 is 2.54 bits per heavy atom. The molecule has 0 aliphatic rings. The lowest BCUT2D eigenvalue weighted by molar-refractivity contribution is 0.702. The van der Waals surface area contributed by atoms with Crippen LogP contribution in [0.5, 0.6) is 0 Å². The van der Waals surface area contributed by atoms with Crippen LogP contribution in [0.4, 0.5) is 5.95 Å². The van der Waals surface area contributed by atoms with Crippen molar-refractivity contribution in [3.05, 3.63) is 54.6 Å². The molecule has 0 fully saturated rings. The summed E-state index contributed by atoms with van der Waals surface area (Å²) >= 11 is 12.3. The summed E-state index contributed by atoms with van der Waals surface area (Å²) < 4.78 is 4.25. The van der Waals surface area contributed by atoms with Gasteiger partial charge in [0.05, 0.1) is 6.54 Å². The first-order valence-corrected chi connectivity index (χ1v) is 9.94. The van der Waals surface area contributed by atoms with Crippen LogP contribution in [-0.2, 0) is 20.6 Å². The molecule has 28 heavy (non-hydrogen) atoms. The third kappa shape index (κ3) is 3.82. The smallest absolute Gasteiger partial charge is 0.332 e. The molecule has 9 heteroatoms. The topological polar surface area (TPSA) is 73.8 Å². The zero-order chi connectivity index (χ0) is 20.4. The van der Waals surface area contributed by atoms with Crippen LogP contribution in [0.2, 0.25) is 10.0 Å². The number of halogens is 2. The summed E-state index contributed by atoms with van der Waals surface area (Å²) in [4.78, 5) is 29.7. The number of fused-ring (bicyclic) bond motifs is 1. The average molecular weight is 424 g/mol. The molecule has 2 aromatic heterocycles. The third-order valence-electron chi connectivity index (χ3n) is 4.75. The highest BCUT2D eigenvalue weighted by Crippen LogP contribution is 2.25. The standard InChI is InChI=1S/C19H23Cl2N5O2/c1-4-5-6-9-22-18-23-16-15(17(27)25(3)19(28)24(16)2)26(18)11-12-7-8-13(20)10-14(12)21/h7-8,10H,4-6,9,11H2,1-3H3,(H,22,23). The molecule has 0 amide bonds. The molecule has 3 aromatic rings. The van der Waals surface area contributed by atoms with Crippen molar-refractivity contribution in [2.45, 2.75) is 32.7 Å². The number of hydrogen-bond acceptors (Lipinski definition) is 4. The van der Waals surface area contributed by atoms with Crippen LogP contribution in [0.25, 0.3) is 11.2 Å². The van der Waals surface area contributed by atoms with Gasteiger partial charge in [-0.15, -0.1) is 0 Å². The monoisotopic (exact) mass is 423 g/mol. The summed E-state index contributed by atoms with van der Waals surface area (Å²) in [6.45, 7) is 3.19. The highest BCUT2D eigenvalue weighted by atomic mass is 35.5. The maximum Gasteiger partial charge on any atom is 0.332 e. The van der Waals surface area contributed by atoms with Crippen molar-refractivity contribution >= 4 is 40.3 Å². The van der Waals surface area contributed by atoms with Gasteiger partial charge in [0.2, 0.25) is 5.95 Å². The number of aromatic nitrogens is 4. The summed E-state index contributed by atoms with van der Waals surface area (Å²) in [5, 5.41) is 4.35. The number of nitrogens with one attached hydrogen (secondary N) is 1. The fourth-order valence-electron chi connectivity index (χ4n) is 3.13. The number of nitrogens with zero attached hydrogens (tertiary/aromatic N) is 4. The van der Waals surface area contributed by atoms with E-state index in [1.165, 1.54) is 11.6 Å². The maximum atomic E-state index is 12.8. The number of anilines is 1. The fraction of sp³-hybridized carbons (Fsp3) is 0.421. The van der Waals surface area contributed by atoms with E-state index in [1.54, 1.807) is 23.7 Å². The molecule has 2 heterocycles. The molecule has 1 N–H and O–H groups in total. The lowest BCUT2D eigenvalue weighted by atomic mass is 10.2. The molecule has 0 atom stereocenters. The van der Waals surface area contributed by atoms with Gasteiger partial charge in [0.25, 0.3) is 5.56 Å². The first-order chi connectivity index (χ1) is 13.3. The van der Waals surface area contributed by atoms with E-state index < -0.39 is 11.2 Å². The Balaban J connectivity index is 2.16. The van der Waals surface area contributed by atoms with Crippen molar-refractivity contribution in [3.63, 3.8) is 0 Å². The quantitative estimate of drug-likeness (QED) is 0.590. The Kier molecular flexibility index (Phi) is 6.15. The Hall–Kier alpha value is -2.25. The Labute approximate surface area is 172 Å². The van der Waals surface area contributed by atoms with E-state index in [9.17, 15) is 9.59 Å². The summed E-state index contributed by atoms with van der Waals surface area (Å²) in [5.41, 5.74) is 0.698. The first kappa shape index (κ1) is 20.5. The van der Waals surface area contributed by atoms with E-state index >= 15 is 0 Å². The fourth-order valence-corrected chi connectivity index (χ4v) is 3.60. The van der Waals surface area contributed by atoms with Gasteiger partial charge in [0, 0.05) is 30.7 Å². The minimum absolute atomic E-state index is 0.329. The molecule has 7 nitrogen and oxygen atoms in total. The van der Waals surface area contributed by atoms with E-state index in [1.807, 2.05) is 6.07 Å². The van der Waals surface area contributed by atoms with Crippen molar-refractivity contribution in [2.75, 3.05) is 11.9 Å². The van der Waals surface area contributed by atoms with Gasteiger partial charge in [0.1, 0.15) is 0 Å². The normalized spacial score (nSPS) is 11.3. The number of hydrogen-bond donors (Lipinski definition) is 1. The van der Waals surface area contributed by atoms with Crippen LogP contribution in [0.15, 0.2) is 27.8 Å². The molecule has 0 aliphatic heterocycles. The molecule has 0 aliphatic carbocycles. The predicted molar refractivity (Wildman–Crippen MR) is 114 cm³/mol. The molecule has 0 radical (unpaired) electrons. The summed E-state index contributed by atoms with van der Waals surface area (Å²) in [6.07, 6.45) is 3.18. The molecule has 150 valence electrons. The van der Waals surface area contributed by atoms with Crippen LogP contribution in [0, 0.1) is 0 Å². The third-order valence-corrected chi connectivity index (χ3v) is 5.34. The predicted octanol–water partition coefficient (Wildman–Crippen LogP) is 3.39. The summed E-state index contributed by atoms with van der Waals surface area (Å²) in [5.74, 6) is 0.537. The highest BCUT2D eigenvalue weighted by Gasteiger charge is 2.19. The van der Waals surface area contributed by atoms with Crippen molar-refractivity contribution in [1.29, 1.82) is 0 Å². The van der Waals surface area contributed by atoms with Crippen molar-refractivity contribution in [1.82, 2.24) is 18.7 Å². The molecule has 3 rings (SSSR count). The lowest BCUT2D eigenvalue weighted by Gasteiger charge is -2.12. The van der Waals surface area contributed by atoms with Crippen molar-refractivity contribution < 1.29 is 0 Å². The van der Waals surface area contributed by atoms with E-state index in [0.29, 0.717) is 33.7 Å². The minimum atomic E-state index is -0.413. The van der Waals surface area contributed by atoms with Crippen molar-refractivity contribution in [2.24, 2.45) is 14.1 Å². The van der Waals surface area contributed by atoms with Crippen LogP contribution in [0.3, 0.4) is 0 Å². The van der Waals surface area contributed by atoms with Gasteiger partial charge >= 0.3 is 5.69 Å². The van der Waals surface area contributed by atoms with Gasteiger partial charge in [-0.25, -0.2) is 4.79 Å². The van der Waals surface area contributed by atoms with Crippen LogP contribution < -0.4 is 16.6 Å². The minimum Gasteiger partial charge on any atom is -0.356 e. The molecule has 0 unspecified atom stereocenters. The largest absolute Gasteiger partial charge is 0.356 e. The van der Waals surface area contributed by atoms with E-state index in [4.69, 9.17) is 23.2 Å². The second kappa shape index (κ2) is 8.41. The van der Waals surface area contributed by atoms with Crippen molar-refractivity contribution in [3.8, 4) is 0 Å². The zero-order valence-corrected chi connectivity index (χ0v) is 17.6. The van der Waals surface area contributed by atoms with Crippen LogP contribution in [-0.4, -0.2) is 25.2 Å². The van der Waals surface area contributed by atoms with Gasteiger partial charge < -0.3 is 5.32 Å². The number of benzene rings is 1. The van der Waals surface area contributed by atoms with Crippen LogP contribution in [0.1, 0.15) is 31.7 Å². The van der Waals surface area contributed by atoms with E-state index in [-0.39, 0.29) is 0 Å². The Morgan fingerprint density at radius 2 is 1.86 bits per heavy atom. The summed E-state index contributed by atoms with van der Waals surface area (Å²) in [6, 6.07) is 5.24. The zero-order valence-electron chi connectivity index (χ0n) is 16.1.